The average Bonchev–Trinajstić information content (AvgIpc) is 2.59. The maximum absolute atomic E-state index is 12.2. The molecular weight excluding hydrogens is 276 g/mol. The van der Waals surface area contributed by atoms with Crippen molar-refractivity contribution in [3.05, 3.63) is 77.5 Å². The van der Waals surface area contributed by atoms with Crippen molar-refractivity contribution in [3.8, 4) is 0 Å². The molecule has 0 aliphatic carbocycles. The lowest BCUT2D eigenvalue weighted by molar-refractivity contribution is 0.0950. The summed E-state index contributed by atoms with van der Waals surface area (Å²) < 4.78 is 0. The number of amides is 1. The van der Waals surface area contributed by atoms with E-state index in [1.54, 1.807) is 24.4 Å². The van der Waals surface area contributed by atoms with Crippen molar-refractivity contribution >= 4 is 23.1 Å². The Morgan fingerprint density at radius 2 is 1.91 bits per heavy atom. The Kier molecular flexibility index (Phi) is 3.92. The van der Waals surface area contributed by atoms with E-state index in [1.807, 2.05) is 36.4 Å². The fourth-order valence-corrected chi connectivity index (χ4v) is 2.22. The number of nitrogens with one attached hydrogen (secondary N) is 1. The number of aromatic nitrogens is 1. The molecule has 0 aliphatic heterocycles. The maximum atomic E-state index is 12.2. The molecule has 4 heteroatoms. The summed E-state index contributed by atoms with van der Waals surface area (Å²) >= 11 is 0. The first-order chi connectivity index (χ1) is 10.8. The largest absolute Gasteiger partial charge is 0.348 e. The summed E-state index contributed by atoms with van der Waals surface area (Å²) in [4.78, 5) is 27.0. The number of hydrogen-bond acceptors (Lipinski definition) is 3. The lowest BCUT2D eigenvalue weighted by atomic mass is 10.1. The number of carbonyl (C=O) groups is 2. The Hall–Kier alpha value is -3.01. The van der Waals surface area contributed by atoms with Crippen LogP contribution in [-0.2, 0) is 6.54 Å². The van der Waals surface area contributed by atoms with Gasteiger partial charge in [0.05, 0.1) is 5.52 Å². The van der Waals surface area contributed by atoms with E-state index in [0.717, 1.165) is 22.8 Å². The van der Waals surface area contributed by atoms with Gasteiger partial charge in [0.1, 0.15) is 6.29 Å². The minimum atomic E-state index is -0.134. The van der Waals surface area contributed by atoms with E-state index in [4.69, 9.17) is 0 Å². The van der Waals surface area contributed by atoms with Crippen LogP contribution in [0.4, 0.5) is 0 Å². The van der Waals surface area contributed by atoms with Gasteiger partial charge in [-0.1, -0.05) is 30.3 Å². The number of pyridine rings is 1. The molecule has 22 heavy (non-hydrogen) atoms. The smallest absolute Gasteiger partial charge is 0.251 e. The zero-order valence-electron chi connectivity index (χ0n) is 11.8. The predicted molar refractivity (Wildman–Crippen MR) is 84.7 cm³/mol. The van der Waals surface area contributed by atoms with Crippen molar-refractivity contribution < 1.29 is 9.59 Å². The molecule has 0 spiro atoms. The van der Waals surface area contributed by atoms with Crippen LogP contribution >= 0.6 is 0 Å². The molecule has 108 valence electrons. The molecule has 0 bridgehead atoms. The molecule has 0 fully saturated rings. The van der Waals surface area contributed by atoms with E-state index in [-0.39, 0.29) is 5.91 Å². The van der Waals surface area contributed by atoms with Crippen LogP contribution in [0.3, 0.4) is 0 Å². The third-order valence-corrected chi connectivity index (χ3v) is 3.43. The average molecular weight is 290 g/mol. The van der Waals surface area contributed by atoms with Crippen molar-refractivity contribution in [2.75, 3.05) is 0 Å². The van der Waals surface area contributed by atoms with Crippen molar-refractivity contribution in [2.24, 2.45) is 0 Å². The first kappa shape index (κ1) is 13.9. The molecule has 0 saturated carbocycles. The summed E-state index contributed by atoms with van der Waals surface area (Å²) in [7, 11) is 0. The van der Waals surface area contributed by atoms with Crippen LogP contribution in [-0.4, -0.2) is 17.2 Å². The standard InChI is InChI=1S/C18H14N2O2/c21-12-14-5-3-13(4-6-14)11-20-18(22)16-7-8-17-15(10-16)2-1-9-19-17/h1-10,12H,11H2,(H,20,22). The van der Waals surface area contributed by atoms with Crippen molar-refractivity contribution in [2.45, 2.75) is 6.54 Å². The highest BCUT2D eigenvalue weighted by Gasteiger charge is 2.06. The third kappa shape index (κ3) is 3.01. The summed E-state index contributed by atoms with van der Waals surface area (Å²) in [6.07, 6.45) is 2.52. The normalized spacial score (nSPS) is 10.4. The van der Waals surface area contributed by atoms with Gasteiger partial charge in [-0.05, 0) is 29.8 Å². The Labute approximate surface area is 127 Å². The van der Waals surface area contributed by atoms with E-state index in [9.17, 15) is 9.59 Å². The highest BCUT2D eigenvalue weighted by molar-refractivity contribution is 5.97. The Bertz CT molecular complexity index is 826. The number of aldehydes is 1. The summed E-state index contributed by atoms with van der Waals surface area (Å²) in [5.74, 6) is -0.134. The monoisotopic (exact) mass is 290 g/mol. The van der Waals surface area contributed by atoms with Gasteiger partial charge in [0.15, 0.2) is 0 Å². The van der Waals surface area contributed by atoms with E-state index in [2.05, 4.69) is 10.3 Å². The number of benzene rings is 2. The fraction of sp³-hybridized carbons (Fsp3) is 0.0556. The van der Waals surface area contributed by atoms with Crippen LogP contribution in [0.15, 0.2) is 60.8 Å². The third-order valence-electron chi connectivity index (χ3n) is 3.43. The highest BCUT2D eigenvalue weighted by Crippen LogP contribution is 2.13. The van der Waals surface area contributed by atoms with Crippen LogP contribution in [0, 0.1) is 0 Å². The molecule has 1 N–H and O–H groups in total. The summed E-state index contributed by atoms with van der Waals surface area (Å²) in [5.41, 5.74) is 3.03. The summed E-state index contributed by atoms with van der Waals surface area (Å²) in [6.45, 7) is 0.420. The Morgan fingerprint density at radius 3 is 2.68 bits per heavy atom. The number of hydrogen-bond donors (Lipinski definition) is 1. The quantitative estimate of drug-likeness (QED) is 0.751. The summed E-state index contributed by atoms with van der Waals surface area (Å²) in [6, 6.07) is 16.3. The van der Waals surface area contributed by atoms with E-state index < -0.39 is 0 Å². The second-order valence-corrected chi connectivity index (χ2v) is 4.95. The van der Waals surface area contributed by atoms with Gasteiger partial charge in [0.25, 0.3) is 5.91 Å². The van der Waals surface area contributed by atoms with E-state index in [0.29, 0.717) is 17.7 Å². The molecule has 3 aromatic rings. The van der Waals surface area contributed by atoms with E-state index in [1.165, 1.54) is 0 Å². The molecule has 1 aromatic heterocycles. The molecule has 1 heterocycles. The van der Waals surface area contributed by atoms with Gasteiger partial charge in [-0.3, -0.25) is 14.6 Å². The second-order valence-electron chi connectivity index (χ2n) is 4.95. The Balaban J connectivity index is 1.71. The zero-order valence-corrected chi connectivity index (χ0v) is 11.8. The van der Waals surface area contributed by atoms with Gasteiger partial charge in [-0.2, -0.15) is 0 Å². The van der Waals surface area contributed by atoms with Crippen LogP contribution in [0.1, 0.15) is 26.3 Å². The van der Waals surface area contributed by atoms with Gasteiger partial charge in [0, 0.05) is 29.3 Å². The first-order valence-corrected chi connectivity index (χ1v) is 6.93. The van der Waals surface area contributed by atoms with Crippen molar-refractivity contribution in [1.82, 2.24) is 10.3 Å². The molecule has 4 nitrogen and oxygen atoms in total. The minimum absolute atomic E-state index is 0.134. The number of fused-ring (bicyclic) bond motifs is 1. The molecular formula is C18H14N2O2. The van der Waals surface area contributed by atoms with Crippen LogP contribution < -0.4 is 5.32 Å². The predicted octanol–water partition coefficient (Wildman–Crippen LogP) is 2.98. The van der Waals surface area contributed by atoms with Crippen molar-refractivity contribution in [1.29, 1.82) is 0 Å². The topological polar surface area (TPSA) is 59.1 Å². The fourth-order valence-electron chi connectivity index (χ4n) is 2.22. The highest BCUT2D eigenvalue weighted by atomic mass is 16.1. The molecule has 2 aromatic carbocycles. The second kappa shape index (κ2) is 6.18. The molecule has 3 rings (SSSR count). The number of rotatable bonds is 4. The molecule has 1 amide bonds. The molecule has 0 atom stereocenters. The van der Waals surface area contributed by atoms with Gasteiger partial charge < -0.3 is 5.32 Å². The molecule has 0 radical (unpaired) electrons. The first-order valence-electron chi connectivity index (χ1n) is 6.93. The van der Waals surface area contributed by atoms with Gasteiger partial charge in [-0.25, -0.2) is 0 Å². The SMILES string of the molecule is O=Cc1ccc(CNC(=O)c2ccc3ncccc3c2)cc1. The van der Waals surface area contributed by atoms with Crippen LogP contribution in [0.5, 0.6) is 0 Å². The Morgan fingerprint density at radius 1 is 1.09 bits per heavy atom. The van der Waals surface area contributed by atoms with E-state index >= 15 is 0 Å². The molecule has 0 unspecified atom stereocenters. The van der Waals surface area contributed by atoms with Crippen molar-refractivity contribution in [3.63, 3.8) is 0 Å². The van der Waals surface area contributed by atoms with Gasteiger partial charge in [-0.15, -0.1) is 0 Å². The minimum Gasteiger partial charge on any atom is -0.348 e. The summed E-state index contributed by atoms with van der Waals surface area (Å²) in [5, 5.41) is 3.81. The number of carbonyl (C=O) groups excluding carboxylic acids is 2. The van der Waals surface area contributed by atoms with Gasteiger partial charge in [0.2, 0.25) is 0 Å². The van der Waals surface area contributed by atoms with Crippen LogP contribution in [0.2, 0.25) is 0 Å². The maximum Gasteiger partial charge on any atom is 0.251 e. The lowest BCUT2D eigenvalue weighted by Crippen LogP contribution is -2.22. The van der Waals surface area contributed by atoms with Crippen LogP contribution in [0.25, 0.3) is 10.9 Å². The lowest BCUT2D eigenvalue weighted by Gasteiger charge is -2.06. The number of nitrogens with zero attached hydrogens (tertiary/aromatic N) is 1. The molecule has 0 saturated heterocycles. The van der Waals surface area contributed by atoms with Gasteiger partial charge >= 0.3 is 0 Å². The zero-order chi connectivity index (χ0) is 15.4. The molecule has 0 aliphatic rings.